The second kappa shape index (κ2) is 6.52. The van der Waals surface area contributed by atoms with E-state index in [2.05, 4.69) is 10.3 Å². The maximum absolute atomic E-state index is 11.7. The molecule has 5 nitrogen and oxygen atoms in total. The van der Waals surface area contributed by atoms with Crippen molar-refractivity contribution in [1.29, 1.82) is 0 Å². The standard InChI is InChI=1S/C12H12Cl3N3O2S/c1-18(2)10(19)17-9(12(13,14)15)21-11-16-7-5-3-4-6-8(7)20-11/h3-6,9H,1-2H3,(H,17,19)/t9-/m1/s1. The molecule has 1 N–H and O–H groups in total. The van der Waals surface area contributed by atoms with Gasteiger partial charge in [-0.15, -0.1) is 0 Å². The van der Waals surface area contributed by atoms with E-state index in [9.17, 15) is 4.79 Å². The van der Waals surface area contributed by atoms with Crippen molar-refractivity contribution in [2.24, 2.45) is 0 Å². The van der Waals surface area contributed by atoms with Gasteiger partial charge in [-0.25, -0.2) is 9.78 Å². The van der Waals surface area contributed by atoms with Crippen molar-refractivity contribution >= 4 is 63.7 Å². The first-order chi connectivity index (χ1) is 9.77. The van der Waals surface area contributed by atoms with Crippen LogP contribution in [0.15, 0.2) is 33.9 Å². The van der Waals surface area contributed by atoms with Crippen LogP contribution in [0.2, 0.25) is 0 Å². The number of urea groups is 1. The number of fused-ring (bicyclic) bond motifs is 1. The number of carbonyl (C=O) groups is 1. The monoisotopic (exact) mass is 367 g/mol. The van der Waals surface area contributed by atoms with E-state index in [0.717, 1.165) is 11.8 Å². The highest BCUT2D eigenvalue weighted by molar-refractivity contribution is 8.00. The quantitative estimate of drug-likeness (QED) is 0.507. The number of hydrogen-bond acceptors (Lipinski definition) is 4. The molecule has 2 amide bonds. The molecule has 0 aliphatic heterocycles. The van der Waals surface area contributed by atoms with Crippen LogP contribution in [0, 0.1) is 0 Å². The maximum atomic E-state index is 11.7. The lowest BCUT2D eigenvalue weighted by Gasteiger charge is -2.25. The molecule has 1 atom stereocenters. The number of aromatic nitrogens is 1. The van der Waals surface area contributed by atoms with Crippen LogP contribution in [-0.4, -0.2) is 39.2 Å². The molecule has 2 rings (SSSR count). The van der Waals surface area contributed by atoms with E-state index in [-0.39, 0.29) is 6.03 Å². The minimum atomic E-state index is -1.71. The van der Waals surface area contributed by atoms with Gasteiger partial charge in [-0.1, -0.05) is 46.9 Å². The summed E-state index contributed by atoms with van der Waals surface area (Å²) in [6.45, 7) is 0. The lowest BCUT2D eigenvalue weighted by atomic mass is 10.3. The van der Waals surface area contributed by atoms with Crippen LogP contribution >= 0.6 is 46.6 Å². The topological polar surface area (TPSA) is 58.4 Å². The van der Waals surface area contributed by atoms with E-state index in [1.807, 2.05) is 18.2 Å². The molecule has 1 aromatic heterocycles. The highest BCUT2D eigenvalue weighted by Crippen LogP contribution is 2.39. The number of halogens is 3. The lowest BCUT2D eigenvalue weighted by molar-refractivity contribution is 0.216. The molecule has 0 unspecified atom stereocenters. The highest BCUT2D eigenvalue weighted by Gasteiger charge is 2.36. The molecule has 114 valence electrons. The third-order valence-corrected chi connectivity index (χ3v) is 4.58. The largest absolute Gasteiger partial charge is 0.431 e. The summed E-state index contributed by atoms with van der Waals surface area (Å²) in [4.78, 5) is 17.4. The summed E-state index contributed by atoms with van der Waals surface area (Å²) in [6.07, 6.45) is 0. The average molecular weight is 369 g/mol. The maximum Gasteiger partial charge on any atom is 0.317 e. The van der Waals surface area contributed by atoms with Gasteiger partial charge in [-0.2, -0.15) is 0 Å². The number of benzene rings is 1. The van der Waals surface area contributed by atoms with E-state index in [4.69, 9.17) is 39.2 Å². The van der Waals surface area contributed by atoms with Gasteiger partial charge in [0.2, 0.25) is 3.79 Å². The van der Waals surface area contributed by atoms with E-state index < -0.39 is 9.17 Å². The molecule has 0 saturated carbocycles. The molecule has 0 bridgehead atoms. The first-order valence-electron chi connectivity index (χ1n) is 5.84. The number of hydrogen-bond donors (Lipinski definition) is 1. The van der Waals surface area contributed by atoms with Crippen LogP contribution in [0.25, 0.3) is 11.1 Å². The van der Waals surface area contributed by atoms with Crippen LogP contribution in [-0.2, 0) is 0 Å². The van der Waals surface area contributed by atoms with E-state index in [1.54, 1.807) is 20.2 Å². The van der Waals surface area contributed by atoms with E-state index in [0.29, 0.717) is 16.3 Å². The van der Waals surface area contributed by atoms with Crippen molar-refractivity contribution in [3.05, 3.63) is 24.3 Å². The Kier molecular flexibility index (Phi) is 5.14. The number of amides is 2. The Morgan fingerprint density at radius 2 is 2.05 bits per heavy atom. The van der Waals surface area contributed by atoms with Crippen molar-refractivity contribution in [2.45, 2.75) is 14.4 Å². The number of para-hydroxylation sites is 2. The summed E-state index contributed by atoms with van der Waals surface area (Å²) in [5.41, 5.74) is 1.32. The highest BCUT2D eigenvalue weighted by atomic mass is 35.6. The van der Waals surface area contributed by atoms with E-state index >= 15 is 0 Å². The van der Waals surface area contributed by atoms with Crippen LogP contribution < -0.4 is 5.32 Å². The van der Waals surface area contributed by atoms with Crippen LogP contribution in [0.3, 0.4) is 0 Å². The summed E-state index contributed by atoms with van der Waals surface area (Å²) in [5.74, 6) is 0. The second-order valence-electron chi connectivity index (χ2n) is 4.33. The van der Waals surface area contributed by atoms with Gasteiger partial charge in [0.05, 0.1) is 0 Å². The summed E-state index contributed by atoms with van der Waals surface area (Å²) < 4.78 is 3.84. The van der Waals surface area contributed by atoms with E-state index in [1.165, 1.54) is 4.90 Å². The van der Waals surface area contributed by atoms with Gasteiger partial charge in [0.1, 0.15) is 10.9 Å². The fourth-order valence-electron chi connectivity index (χ4n) is 1.42. The molecule has 2 aromatic rings. The normalized spacial score (nSPS) is 13.2. The summed E-state index contributed by atoms with van der Waals surface area (Å²) in [6, 6.07) is 6.90. The van der Waals surface area contributed by atoms with Gasteiger partial charge in [-0.3, -0.25) is 0 Å². The zero-order chi connectivity index (χ0) is 15.6. The summed E-state index contributed by atoms with van der Waals surface area (Å²) >= 11 is 18.7. The number of thioether (sulfide) groups is 1. The van der Waals surface area contributed by atoms with Crippen LogP contribution in [0.5, 0.6) is 0 Å². The van der Waals surface area contributed by atoms with Crippen molar-refractivity contribution in [3.8, 4) is 0 Å². The van der Waals surface area contributed by atoms with Gasteiger partial charge in [0.15, 0.2) is 5.58 Å². The third-order valence-electron chi connectivity index (χ3n) is 2.45. The molecule has 0 spiro atoms. The Hall–Kier alpha value is -0.820. The molecular formula is C12H12Cl3N3O2S. The third kappa shape index (κ3) is 4.32. The molecule has 9 heteroatoms. The molecule has 21 heavy (non-hydrogen) atoms. The van der Waals surface area contributed by atoms with Crippen molar-refractivity contribution in [2.75, 3.05) is 14.1 Å². The van der Waals surface area contributed by atoms with Crippen LogP contribution in [0.1, 0.15) is 0 Å². The first-order valence-corrected chi connectivity index (χ1v) is 7.85. The van der Waals surface area contributed by atoms with Crippen LogP contribution in [0.4, 0.5) is 4.79 Å². The van der Waals surface area contributed by atoms with Gasteiger partial charge >= 0.3 is 6.03 Å². The zero-order valence-corrected chi connectivity index (χ0v) is 14.2. The molecule has 0 aliphatic rings. The van der Waals surface area contributed by atoms with Gasteiger partial charge in [0, 0.05) is 14.1 Å². The number of carbonyl (C=O) groups excluding carboxylic acids is 1. The first kappa shape index (κ1) is 16.5. The summed E-state index contributed by atoms with van der Waals surface area (Å²) in [7, 11) is 3.18. The van der Waals surface area contributed by atoms with Gasteiger partial charge in [0.25, 0.3) is 5.22 Å². The Balaban J connectivity index is 2.20. The second-order valence-corrected chi connectivity index (χ2v) is 7.76. The molecule has 0 aliphatic carbocycles. The lowest BCUT2D eigenvalue weighted by Crippen LogP contribution is -2.45. The fourth-order valence-corrected chi connectivity index (χ4v) is 2.77. The number of oxazole rings is 1. The number of nitrogens with zero attached hydrogens (tertiary/aromatic N) is 2. The number of nitrogens with one attached hydrogen (secondary N) is 1. The minimum Gasteiger partial charge on any atom is -0.431 e. The molecular weight excluding hydrogens is 357 g/mol. The Morgan fingerprint density at radius 1 is 1.38 bits per heavy atom. The Bertz CT molecular complexity index is 609. The zero-order valence-electron chi connectivity index (χ0n) is 11.1. The Labute approximate surface area is 140 Å². The number of rotatable bonds is 3. The molecule has 0 radical (unpaired) electrons. The Morgan fingerprint density at radius 3 is 2.62 bits per heavy atom. The predicted octanol–water partition coefficient (Wildman–Crippen LogP) is 3.89. The SMILES string of the molecule is CN(C)C(=O)N[C@H](Sc1nc2ccccc2o1)C(Cl)(Cl)Cl. The molecule has 0 fully saturated rings. The molecule has 1 heterocycles. The average Bonchev–Trinajstić information content (AvgIpc) is 2.78. The van der Waals surface area contributed by atoms with Crippen molar-refractivity contribution in [1.82, 2.24) is 15.2 Å². The molecule has 0 saturated heterocycles. The number of alkyl halides is 3. The van der Waals surface area contributed by atoms with Crippen molar-refractivity contribution in [3.63, 3.8) is 0 Å². The predicted molar refractivity (Wildman–Crippen MR) is 86.2 cm³/mol. The minimum absolute atomic E-state index is 0.312. The fraction of sp³-hybridized carbons (Fsp3) is 0.333. The molecule has 1 aromatic carbocycles. The van der Waals surface area contributed by atoms with Gasteiger partial charge in [-0.05, 0) is 23.9 Å². The van der Waals surface area contributed by atoms with Crippen molar-refractivity contribution < 1.29 is 9.21 Å². The van der Waals surface area contributed by atoms with Gasteiger partial charge < -0.3 is 14.6 Å². The smallest absolute Gasteiger partial charge is 0.317 e. The summed E-state index contributed by atoms with van der Waals surface area (Å²) in [5, 5.41) is 2.07.